The van der Waals surface area contributed by atoms with Crippen molar-refractivity contribution in [1.29, 1.82) is 0 Å². The fourth-order valence-corrected chi connectivity index (χ4v) is 2.74. The summed E-state index contributed by atoms with van der Waals surface area (Å²) in [6.07, 6.45) is 7.72. The summed E-state index contributed by atoms with van der Waals surface area (Å²) in [7, 11) is 0. The van der Waals surface area contributed by atoms with Crippen LogP contribution in [0.25, 0.3) is 22.2 Å². The van der Waals surface area contributed by atoms with Gasteiger partial charge in [-0.1, -0.05) is 82.5 Å². The molecule has 0 unspecified atom stereocenters. The third kappa shape index (κ3) is 6.47. The van der Waals surface area contributed by atoms with E-state index >= 15 is 0 Å². The van der Waals surface area contributed by atoms with Gasteiger partial charge in [-0.25, -0.2) is 4.52 Å². The molecular formula is C27H34N2O. The van der Waals surface area contributed by atoms with E-state index in [1.54, 1.807) is 13.8 Å². The molecule has 30 heavy (non-hydrogen) atoms. The number of hydrogen-bond acceptors (Lipinski definition) is 2. The lowest BCUT2D eigenvalue weighted by Gasteiger charge is -2.07. The first-order valence-corrected chi connectivity index (χ1v) is 10.5. The minimum absolute atomic E-state index is 0.838. The number of fused-ring (bicyclic) bond motifs is 1. The molecule has 0 amide bonds. The highest BCUT2D eigenvalue weighted by atomic mass is 16.3. The molecule has 3 aromatic rings. The highest BCUT2D eigenvalue weighted by Crippen LogP contribution is 2.28. The van der Waals surface area contributed by atoms with E-state index in [1.165, 1.54) is 0 Å². The SMILES string of the molecule is C=C(/C=C\C)c1ccc(-c2cnn3cccc(C#CC(C)(C)O)c23)cc1.CC.CC. The Balaban J connectivity index is 0.00000106. The number of pyridine rings is 1. The van der Waals surface area contributed by atoms with Crippen LogP contribution in [0, 0.1) is 11.8 Å². The quantitative estimate of drug-likeness (QED) is 0.388. The van der Waals surface area contributed by atoms with E-state index in [9.17, 15) is 5.11 Å². The number of hydrogen-bond donors (Lipinski definition) is 1. The van der Waals surface area contributed by atoms with Crippen LogP contribution in [0.2, 0.25) is 0 Å². The number of benzene rings is 1. The van der Waals surface area contributed by atoms with Crippen LogP contribution in [-0.4, -0.2) is 20.3 Å². The molecule has 0 radical (unpaired) electrons. The Labute approximate surface area is 181 Å². The van der Waals surface area contributed by atoms with Gasteiger partial charge >= 0.3 is 0 Å². The van der Waals surface area contributed by atoms with Gasteiger partial charge in [0.2, 0.25) is 0 Å². The van der Waals surface area contributed by atoms with Crippen molar-refractivity contribution >= 4 is 11.1 Å². The van der Waals surface area contributed by atoms with E-state index in [1.807, 2.05) is 75.8 Å². The van der Waals surface area contributed by atoms with Gasteiger partial charge in [-0.3, -0.25) is 0 Å². The van der Waals surface area contributed by atoms with Crippen molar-refractivity contribution in [3.8, 4) is 23.0 Å². The van der Waals surface area contributed by atoms with Gasteiger partial charge in [-0.05, 0) is 49.6 Å². The fourth-order valence-electron chi connectivity index (χ4n) is 2.74. The second-order valence-corrected chi connectivity index (χ2v) is 6.68. The first-order chi connectivity index (χ1) is 14.4. The van der Waals surface area contributed by atoms with Crippen LogP contribution < -0.4 is 0 Å². The molecule has 0 fully saturated rings. The Kier molecular flexibility index (Phi) is 9.81. The number of allylic oxidation sites excluding steroid dienone is 3. The first kappa shape index (κ1) is 24.9. The average Bonchev–Trinajstić information content (AvgIpc) is 3.20. The van der Waals surface area contributed by atoms with Crippen molar-refractivity contribution in [3.63, 3.8) is 0 Å². The van der Waals surface area contributed by atoms with Crippen molar-refractivity contribution in [2.45, 2.75) is 54.1 Å². The predicted octanol–water partition coefficient (Wildman–Crippen LogP) is 6.77. The van der Waals surface area contributed by atoms with E-state index in [2.05, 4.69) is 47.8 Å². The van der Waals surface area contributed by atoms with E-state index in [0.29, 0.717) is 0 Å². The Morgan fingerprint density at radius 3 is 2.30 bits per heavy atom. The fraction of sp³-hybridized carbons (Fsp3) is 0.296. The lowest BCUT2D eigenvalue weighted by atomic mass is 10.0. The molecule has 158 valence electrons. The standard InChI is InChI=1S/C23H22N2O.2C2H6/c1-5-7-17(2)18-9-11-19(12-10-18)21-16-24-25-15-6-8-20(22(21)25)13-14-23(3,4)26;2*1-2/h5-12,15-16,26H,2H2,1,3-4H3;2*1-2H3/b7-5-;;. The van der Waals surface area contributed by atoms with Crippen molar-refractivity contribution < 1.29 is 5.11 Å². The summed E-state index contributed by atoms with van der Waals surface area (Å²) in [6, 6.07) is 12.1. The maximum absolute atomic E-state index is 9.90. The maximum atomic E-state index is 9.90. The van der Waals surface area contributed by atoms with E-state index in [4.69, 9.17) is 0 Å². The normalized spacial score (nSPS) is 10.4. The minimum Gasteiger partial charge on any atom is -0.378 e. The van der Waals surface area contributed by atoms with Crippen LogP contribution in [-0.2, 0) is 0 Å². The molecule has 0 spiro atoms. The van der Waals surface area contributed by atoms with Crippen molar-refractivity contribution in [3.05, 3.63) is 78.6 Å². The van der Waals surface area contributed by atoms with Crippen molar-refractivity contribution in [2.75, 3.05) is 0 Å². The highest BCUT2D eigenvalue weighted by Gasteiger charge is 2.11. The summed E-state index contributed by atoms with van der Waals surface area (Å²) in [4.78, 5) is 0. The van der Waals surface area contributed by atoms with Gasteiger partial charge in [0.1, 0.15) is 5.60 Å². The molecule has 2 aromatic heterocycles. The molecule has 3 rings (SSSR count). The van der Waals surface area contributed by atoms with Crippen LogP contribution >= 0.6 is 0 Å². The zero-order valence-corrected chi connectivity index (χ0v) is 19.3. The third-order valence-electron chi connectivity index (χ3n) is 3.98. The molecule has 0 saturated heterocycles. The molecule has 3 heteroatoms. The monoisotopic (exact) mass is 402 g/mol. The van der Waals surface area contributed by atoms with E-state index < -0.39 is 5.60 Å². The molecule has 0 saturated carbocycles. The first-order valence-electron chi connectivity index (χ1n) is 10.5. The van der Waals surface area contributed by atoms with Gasteiger partial charge in [0, 0.05) is 11.8 Å². The van der Waals surface area contributed by atoms with Crippen molar-refractivity contribution in [2.24, 2.45) is 0 Å². The molecule has 0 aliphatic carbocycles. The smallest absolute Gasteiger partial charge is 0.120 e. The molecule has 0 aliphatic heterocycles. The summed E-state index contributed by atoms with van der Waals surface area (Å²) < 4.78 is 1.82. The van der Waals surface area contributed by atoms with Gasteiger partial charge in [0.05, 0.1) is 17.3 Å². The Morgan fingerprint density at radius 1 is 1.10 bits per heavy atom. The van der Waals surface area contributed by atoms with Crippen LogP contribution in [0.1, 0.15) is 59.6 Å². The molecule has 0 bridgehead atoms. The van der Waals surface area contributed by atoms with Crippen LogP contribution in [0.15, 0.2) is 67.5 Å². The Morgan fingerprint density at radius 2 is 1.73 bits per heavy atom. The second kappa shape index (κ2) is 11.8. The minimum atomic E-state index is -1.04. The molecular weight excluding hydrogens is 368 g/mol. The number of aliphatic hydroxyl groups is 1. The van der Waals surface area contributed by atoms with Crippen LogP contribution in [0.4, 0.5) is 0 Å². The summed E-state index contributed by atoms with van der Waals surface area (Å²) in [5.74, 6) is 5.97. The lowest BCUT2D eigenvalue weighted by molar-refractivity contribution is 0.143. The molecule has 1 aromatic carbocycles. The summed E-state index contributed by atoms with van der Waals surface area (Å²) in [6.45, 7) is 17.4. The molecule has 0 atom stereocenters. The predicted molar refractivity (Wildman–Crippen MR) is 130 cm³/mol. The topological polar surface area (TPSA) is 37.5 Å². The summed E-state index contributed by atoms with van der Waals surface area (Å²) in [5, 5.41) is 14.3. The number of aromatic nitrogens is 2. The molecule has 3 nitrogen and oxygen atoms in total. The van der Waals surface area contributed by atoms with E-state index in [-0.39, 0.29) is 0 Å². The van der Waals surface area contributed by atoms with Gasteiger partial charge in [-0.2, -0.15) is 5.10 Å². The van der Waals surface area contributed by atoms with Gasteiger partial charge in [0.15, 0.2) is 0 Å². The van der Waals surface area contributed by atoms with Crippen molar-refractivity contribution in [1.82, 2.24) is 9.61 Å². The van der Waals surface area contributed by atoms with Crippen LogP contribution in [0.5, 0.6) is 0 Å². The molecule has 1 N–H and O–H groups in total. The van der Waals surface area contributed by atoms with E-state index in [0.717, 1.165) is 33.3 Å². The third-order valence-corrected chi connectivity index (χ3v) is 3.98. The Bertz CT molecular complexity index is 1040. The summed E-state index contributed by atoms with van der Waals surface area (Å²) >= 11 is 0. The Hall–Kier alpha value is -3.09. The number of rotatable bonds is 3. The number of nitrogens with zero attached hydrogens (tertiary/aromatic N) is 2. The highest BCUT2D eigenvalue weighted by molar-refractivity contribution is 5.85. The molecule has 0 aliphatic rings. The summed E-state index contributed by atoms with van der Waals surface area (Å²) in [5.41, 5.74) is 4.88. The average molecular weight is 403 g/mol. The van der Waals surface area contributed by atoms with Gasteiger partial charge in [-0.15, -0.1) is 0 Å². The van der Waals surface area contributed by atoms with Gasteiger partial charge < -0.3 is 5.11 Å². The maximum Gasteiger partial charge on any atom is 0.120 e. The molecule has 2 heterocycles. The zero-order valence-electron chi connectivity index (χ0n) is 19.3. The van der Waals surface area contributed by atoms with Crippen LogP contribution in [0.3, 0.4) is 0 Å². The lowest BCUT2D eigenvalue weighted by Crippen LogP contribution is -2.14. The zero-order chi connectivity index (χ0) is 22.7. The largest absolute Gasteiger partial charge is 0.378 e. The second-order valence-electron chi connectivity index (χ2n) is 6.68. The van der Waals surface area contributed by atoms with Gasteiger partial charge in [0.25, 0.3) is 0 Å².